The van der Waals surface area contributed by atoms with Crippen molar-refractivity contribution in [1.29, 1.82) is 0 Å². The van der Waals surface area contributed by atoms with Crippen molar-refractivity contribution in [1.82, 2.24) is 0 Å². The third-order valence-electron chi connectivity index (χ3n) is 0.455. The minimum atomic E-state index is 0.838. The van der Waals surface area contributed by atoms with Crippen molar-refractivity contribution in [3.8, 4) is 0 Å². The molecule has 5 heavy (non-hydrogen) atoms. The van der Waals surface area contributed by atoms with Crippen LogP contribution in [-0.4, -0.2) is 12.4 Å². The van der Waals surface area contributed by atoms with Crippen LogP contribution in [0.25, 0.3) is 0 Å². The molecule has 0 saturated carbocycles. The molecular weight excluding hydrogens is 84.1 g/mol. The normalized spacial score (nSPS) is 24.0. The summed E-state index contributed by atoms with van der Waals surface area (Å²) >= 11 is 1.52. The average Bonchev–Trinajstić information content (AvgIpc) is 1.76. The van der Waals surface area contributed by atoms with Gasteiger partial charge in [0.15, 0.2) is 0 Å². The lowest BCUT2D eigenvalue weighted by Crippen LogP contribution is -1.71. The molecule has 0 aromatic carbocycles. The Balaban J connectivity index is 2.08. The third-order valence-corrected chi connectivity index (χ3v) is 1.13. The van der Waals surface area contributed by atoms with Crippen LogP contribution in [0.5, 0.6) is 0 Å². The van der Waals surface area contributed by atoms with E-state index in [-0.39, 0.29) is 0 Å². The molecule has 1 rings (SSSR count). The Morgan fingerprint density at radius 3 is 3.00 bits per heavy atom. The van der Waals surface area contributed by atoms with Crippen molar-refractivity contribution in [3.05, 3.63) is 6.42 Å². The Hall–Kier alpha value is 0.310. The number of hydrogen-bond donors (Lipinski definition) is 0. The molecule has 0 atom stereocenters. The fourth-order valence-corrected chi connectivity index (χ4v) is 0.722. The highest BCUT2D eigenvalue weighted by molar-refractivity contribution is 7.95. The predicted molar refractivity (Wildman–Crippen MR) is 22.7 cm³/mol. The first-order valence-corrected chi connectivity index (χ1v) is 2.47. The van der Waals surface area contributed by atoms with Crippen LogP contribution in [0.1, 0.15) is 0 Å². The van der Waals surface area contributed by atoms with Crippen LogP contribution in [-0.2, 0) is 4.18 Å². The first kappa shape index (κ1) is 3.50. The molecule has 1 radical (unpaired) electrons. The molecular formula is C3H5OS. The Kier molecular flexibility index (Phi) is 1.17. The van der Waals surface area contributed by atoms with Gasteiger partial charge in [0.25, 0.3) is 0 Å². The SMILES string of the molecule is [CH]1COSC1. The second kappa shape index (κ2) is 1.67. The zero-order valence-electron chi connectivity index (χ0n) is 2.81. The molecule has 0 aromatic rings. The lowest BCUT2D eigenvalue weighted by atomic mass is 10.5. The van der Waals surface area contributed by atoms with Crippen LogP contribution in [0.2, 0.25) is 0 Å². The summed E-state index contributed by atoms with van der Waals surface area (Å²) < 4.78 is 4.81. The third kappa shape index (κ3) is 0.816. The molecule has 0 N–H and O–H groups in total. The van der Waals surface area contributed by atoms with Gasteiger partial charge >= 0.3 is 0 Å². The molecule has 1 aliphatic rings. The number of hydrogen-bond acceptors (Lipinski definition) is 2. The molecule has 0 amide bonds. The van der Waals surface area contributed by atoms with Crippen molar-refractivity contribution < 1.29 is 4.18 Å². The highest BCUT2D eigenvalue weighted by Crippen LogP contribution is 2.10. The van der Waals surface area contributed by atoms with Crippen LogP contribution >= 0.6 is 12.0 Å². The summed E-state index contributed by atoms with van der Waals surface area (Å²) in [4.78, 5) is 0. The van der Waals surface area contributed by atoms with Gasteiger partial charge in [0.05, 0.1) is 6.61 Å². The van der Waals surface area contributed by atoms with E-state index in [0.717, 1.165) is 12.4 Å². The zero-order valence-corrected chi connectivity index (χ0v) is 3.62. The van der Waals surface area contributed by atoms with Gasteiger partial charge in [0.2, 0.25) is 0 Å². The maximum atomic E-state index is 4.81. The van der Waals surface area contributed by atoms with Gasteiger partial charge in [-0.25, -0.2) is 0 Å². The maximum Gasteiger partial charge on any atom is 0.0654 e. The number of rotatable bonds is 0. The fourth-order valence-electron chi connectivity index (χ4n) is 0.241. The summed E-state index contributed by atoms with van der Waals surface area (Å²) in [6, 6.07) is 0. The lowest BCUT2D eigenvalue weighted by Gasteiger charge is -1.74. The molecule has 1 aliphatic heterocycles. The highest BCUT2D eigenvalue weighted by atomic mass is 32.2. The van der Waals surface area contributed by atoms with Crippen LogP contribution in [0.15, 0.2) is 0 Å². The van der Waals surface area contributed by atoms with Crippen molar-refractivity contribution in [2.45, 2.75) is 0 Å². The minimum Gasteiger partial charge on any atom is -0.315 e. The van der Waals surface area contributed by atoms with E-state index in [9.17, 15) is 0 Å². The smallest absolute Gasteiger partial charge is 0.0654 e. The average molecular weight is 89.1 g/mol. The molecule has 0 aliphatic carbocycles. The summed E-state index contributed by atoms with van der Waals surface area (Å²) in [7, 11) is 0. The molecule has 0 aromatic heterocycles. The van der Waals surface area contributed by atoms with E-state index < -0.39 is 0 Å². The second-order valence-electron chi connectivity index (χ2n) is 0.858. The van der Waals surface area contributed by atoms with E-state index >= 15 is 0 Å². The van der Waals surface area contributed by atoms with Crippen LogP contribution in [0.3, 0.4) is 0 Å². The van der Waals surface area contributed by atoms with Crippen molar-refractivity contribution in [2.24, 2.45) is 0 Å². The lowest BCUT2D eigenvalue weighted by molar-refractivity contribution is 0.435. The minimum absolute atomic E-state index is 0.838. The van der Waals surface area contributed by atoms with Gasteiger partial charge in [0.1, 0.15) is 0 Å². The Labute approximate surface area is 35.9 Å². The molecule has 1 heterocycles. The van der Waals surface area contributed by atoms with E-state index in [1.807, 2.05) is 0 Å². The molecule has 0 spiro atoms. The van der Waals surface area contributed by atoms with Gasteiger partial charge in [-0.1, -0.05) is 0 Å². The monoisotopic (exact) mass is 89.0 g/mol. The topological polar surface area (TPSA) is 9.23 Å². The Morgan fingerprint density at radius 1 is 1.80 bits per heavy atom. The first-order chi connectivity index (χ1) is 2.50. The van der Waals surface area contributed by atoms with Crippen molar-refractivity contribution in [3.63, 3.8) is 0 Å². The van der Waals surface area contributed by atoms with Crippen LogP contribution < -0.4 is 0 Å². The van der Waals surface area contributed by atoms with Crippen LogP contribution in [0, 0.1) is 6.42 Å². The standard InChI is InChI=1S/C3H5OS/c1-2-4-5-3-1/h1H,2-3H2. The molecule has 2 heteroatoms. The highest BCUT2D eigenvalue weighted by Gasteiger charge is 1.96. The second-order valence-corrected chi connectivity index (χ2v) is 1.66. The summed E-state index contributed by atoms with van der Waals surface area (Å²) in [5, 5.41) is 0. The largest absolute Gasteiger partial charge is 0.315 e. The zero-order chi connectivity index (χ0) is 3.54. The summed E-state index contributed by atoms with van der Waals surface area (Å²) in [6.45, 7) is 0.838. The van der Waals surface area contributed by atoms with Gasteiger partial charge < -0.3 is 4.18 Å². The summed E-state index contributed by atoms with van der Waals surface area (Å²) in [6.07, 6.45) is 2.10. The first-order valence-electron chi connectivity index (χ1n) is 1.56. The maximum absolute atomic E-state index is 4.81. The summed E-state index contributed by atoms with van der Waals surface area (Å²) in [5.74, 6) is 1.07. The quantitative estimate of drug-likeness (QED) is 0.407. The Morgan fingerprint density at radius 2 is 2.80 bits per heavy atom. The van der Waals surface area contributed by atoms with Crippen LogP contribution in [0.4, 0.5) is 0 Å². The molecule has 1 nitrogen and oxygen atoms in total. The van der Waals surface area contributed by atoms with Gasteiger partial charge in [-0.2, -0.15) is 0 Å². The van der Waals surface area contributed by atoms with E-state index in [1.165, 1.54) is 12.0 Å². The Bertz CT molecular complexity index is 18.5. The molecule has 1 fully saturated rings. The molecule has 29 valence electrons. The van der Waals surface area contributed by atoms with Gasteiger partial charge in [0, 0.05) is 12.2 Å². The van der Waals surface area contributed by atoms with E-state index in [1.54, 1.807) is 0 Å². The van der Waals surface area contributed by atoms with Gasteiger partial charge in [-0.05, 0) is 12.0 Å². The van der Waals surface area contributed by atoms with E-state index in [2.05, 4.69) is 6.42 Å². The van der Waals surface area contributed by atoms with Crippen molar-refractivity contribution >= 4 is 12.0 Å². The molecule has 0 bridgehead atoms. The predicted octanol–water partition coefficient (Wildman–Crippen LogP) is 0.869. The van der Waals surface area contributed by atoms with E-state index in [4.69, 9.17) is 4.18 Å². The summed E-state index contributed by atoms with van der Waals surface area (Å²) in [5.41, 5.74) is 0. The van der Waals surface area contributed by atoms with Crippen molar-refractivity contribution in [2.75, 3.05) is 12.4 Å². The van der Waals surface area contributed by atoms with E-state index in [0.29, 0.717) is 0 Å². The van der Waals surface area contributed by atoms with Gasteiger partial charge in [-0.3, -0.25) is 0 Å². The van der Waals surface area contributed by atoms with Gasteiger partial charge in [-0.15, -0.1) is 0 Å². The fraction of sp³-hybridized carbons (Fsp3) is 0.667. The molecule has 0 unspecified atom stereocenters. The molecule has 1 saturated heterocycles.